The maximum absolute atomic E-state index is 11.8. The molecule has 0 saturated carbocycles. The van der Waals surface area contributed by atoms with Crippen molar-refractivity contribution < 1.29 is 0 Å². The van der Waals surface area contributed by atoms with Crippen molar-refractivity contribution in [2.45, 2.75) is 6.54 Å². The molecule has 1 aromatic carbocycles. The molecule has 0 fully saturated rings. The van der Waals surface area contributed by atoms with Gasteiger partial charge in [0.25, 0.3) is 5.56 Å². The molecular formula is C12H11N5O2. The molecule has 3 N–H and O–H groups in total. The highest BCUT2D eigenvalue weighted by molar-refractivity contribution is 5.79. The lowest BCUT2D eigenvalue weighted by atomic mass is 10.2. The van der Waals surface area contributed by atoms with Crippen molar-refractivity contribution in [3.8, 4) is 11.5 Å². The molecule has 0 amide bonds. The molecule has 0 atom stereocenters. The van der Waals surface area contributed by atoms with Crippen molar-refractivity contribution in [2.24, 2.45) is 5.73 Å². The molecule has 2 aliphatic heterocycles. The topological polar surface area (TPSA) is 107 Å². The van der Waals surface area contributed by atoms with Crippen LogP contribution >= 0.6 is 0 Å². The Morgan fingerprint density at radius 3 is 2.79 bits per heavy atom. The van der Waals surface area contributed by atoms with Crippen LogP contribution in [0.15, 0.2) is 33.9 Å². The second-order valence-corrected chi connectivity index (χ2v) is 4.08. The minimum Gasteiger partial charge on any atom is -0.329 e. The van der Waals surface area contributed by atoms with E-state index in [1.165, 1.54) is 0 Å². The minimum absolute atomic E-state index is 0.145. The number of nitrogens with one attached hydrogen (secondary N) is 1. The van der Waals surface area contributed by atoms with E-state index in [-0.39, 0.29) is 11.5 Å². The number of H-pyrrole nitrogens is 1. The number of hydrogen-bond acceptors (Lipinski definition) is 5. The monoisotopic (exact) mass is 257 g/mol. The average Bonchev–Trinajstić information content (AvgIpc) is 2.40. The van der Waals surface area contributed by atoms with Gasteiger partial charge in [0.2, 0.25) is 0 Å². The fraction of sp³-hybridized carbons (Fsp3) is 0.167. The van der Waals surface area contributed by atoms with Gasteiger partial charge in [0.1, 0.15) is 0 Å². The number of para-hydroxylation sites is 2. The van der Waals surface area contributed by atoms with Crippen LogP contribution in [-0.2, 0) is 6.54 Å². The maximum Gasteiger partial charge on any atom is 0.349 e. The summed E-state index contributed by atoms with van der Waals surface area (Å²) in [6.07, 6.45) is 0. The quantitative estimate of drug-likeness (QED) is 0.604. The van der Waals surface area contributed by atoms with Crippen molar-refractivity contribution in [3.63, 3.8) is 0 Å². The van der Waals surface area contributed by atoms with E-state index >= 15 is 0 Å². The molecule has 3 rings (SSSR count). The summed E-state index contributed by atoms with van der Waals surface area (Å²) in [5.74, 6) is 0.262. The van der Waals surface area contributed by atoms with Gasteiger partial charge in [0, 0.05) is 13.1 Å². The first-order chi connectivity index (χ1) is 9.20. The van der Waals surface area contributed by atoms with Crippen LogP contribution in [0.1, 0.15) is 0 Å². The number of aromatic nitrogens is 4. The molecule has 19 heavy (non-hydrogen) atoms. The average molecular weight is 257 g/mol. The van der Waals surface area contributed by atoms with Crippen LogP contribution in [0.25, 0.3) is 22.6 Å². The van der Waals surface area contributed by atoms with Gasteiger partial charge in [-0.1, -0.05) is 12.1 Å². The zero-order chi connectivity index (χ0) is 13.4. The van der Waals surface area contributed by atoms with E-state index in [1.807, 2.05) is 18.2 Å². The summed E-state index contributed by atoms with van der Waals surface area (Å²) in [4.78, 5) is 33.4. The third-order valence-electron chi connectivity index (χ3n) is 2.87. The summed E-state index contributed by atoms with van der Waals surface area (Å²) in [6.45, 7) is 0.825. The summed E-state index contributed by atoms with van der Waals surface area (Å²) in [7, 11) is 0. The highest BCUT2D eigenvalue weighted by Crippen LogP contribution is 2.19. The lowest BCUT2D eigenvalue weighted by molar-refractivity contribution is 0.712. The van der Waals surface area contributed by atoms with Crippen LogP contribution in [0.5, 0.6) is 0 Å². The zero-order valence-corrected chi connectivity index (χ0v) is 9.96. The van der Waals surface area contributed by atoms with E-state index in [2.05, 4.69) is 15.0 Å². The highest BCUT2D eigenvalue weighted by Gasteiger charge is 2.17. The van der Waals surface area contributed by atoms with Crippen LogP contribution in [0.2, 0.25) is 0 Å². The number of benzene rings is 1. The van der Waals surface area contributed by atoms with Gasteiger partial charge >= 0.3 is 5.69 Å². The summed E-state index contributed by atoms with van der Waals surface area (Å²) in [5, 5.41) is 0. The Balaban J connectivity index is 2.54. The third-order valence-corrected chi connectivity index (χ3v) is 2.87. The molecule has 0 saturated heterocycles. The molecule has 0 radical (unpaired) electrons. The first-order valence-electron chi connectivity index (χ1n) is 5.80. The van der Waals surface area contributed by atoms with E-state index in [0.717, 1.165) is 5.52 Å². The van der Waals surface area contributed by atoms with Crippen LogP contribution in [-0.4, -0.2) is 26.1 Å². The molecule has 0 unspecified atom stereocenters. The molecule has 2 heterocycles. The van der Waals surface area contributed by atoms with Crippen molar-refractivity contribution >= 4 is 11.0 Å². The molecule has 7 heteroatoms. The van der Waals surface area contributed by atoms with Crippen molar-refractivity contribution in [1.82, 2.24) is 19.5 Å². The zero-order valence-electron chi connectivity index (χ0n) is 9.96. The van der Waals surface area contributed by atoms with Crippen LogP contribution in [0.4, 0.5) is 0 Å². The van der Waals surface area contributed by atoms with E-state index in [1.54, 1.807) is 10.6 Å². The lowest BCUT2D eigenvalue weighted by Gasteiger charge is -2.15. The van der Waals surface area contributed by atoms with Crippen LogP contribution < -0.4 is 17.0 Å². The largest absolute Gasteiger partial charge is 0.349 e. The van der Waals surface area contributed by atoms with Crippen molar-refractivity contribution in [2.75, 3.05) is 6.54 Å². The van der Waals surface area contributed by atoms with Crippen molar-refractivity contribution in [1.29, 1.82) is 0 Å². The SMILES string of the molecule is NCCn1c2nc(=O)[nH]c(=O)c-2nc2ccccc21. The fourth-order valence-corrected chi connectivity index (χ4v) is 2.10. The Bertz CT molecular complexity index is 836. The number of aromatic amines is 1. The number of nitrogens with zero attached hydrogens (tertiary/aromatic N) is 3. The molecule has 0 aromatic heterocycles. The van der Waals surface area contributed by atoms with E-state index in [4.69, 9.17) is 5.73 Å². The Morgan fingerprint density at radius 2 is 2.00 bits per heavy atom. The number of hydrogen-bond donors (Lipinski definition) is 2. The molecule has 96 valence electrons. The lowest BCUT2D eigenvalue weighted by Crippen LogP contribution is -2.29. The van der Waals surface area contributed by atoms with Gasteiger partial charge in [-0.05, 0) is 12.1 Å². The Hall–Kier alpha value is -2.54. The van der Waals surface area contributed by atoms with Crippen molar-refractivity contribution in [3.05, 3.63) is 45.1 Å². The standard InChI is InChI=1S/C12H11N5O2/c13-5-6-17-8-4-2-1-3-7(8)14-9-10(17)15-12(19)16-11(9)18/h1-4H,5-6,13H2,(H,16,18,19). The normalized spacial score (nSPS) is 11.2. The van der Waals surface area contributed by atoms with Gasteiger partial charge in [-0.2, -0.15) is 4.98 Å². The molecule has 1 aromatic rings. The molecule has 2 aliphatic rings. The number of fused-ring (bicyclic) bond motifs is 2. The summed E-state index contributed by atoms with van der Waals surface area (Å²) >= 11 is 0. The highest BCUT2D eigenvalue weighted by atomic mass is 16.2. The predicted octanol–water partition coefficient (Wildman–Crippen LogP) is -0.457. The Kier molecular flexibility index (Phi) is 2.60. The Morgan fingerprint density at radius 1 is 1.21 bits per heavy atom. The van der Waals surface area contributed by atoms with Gasteiger partial charge in [-0.15, -0.1) is 0 Å². The van der Waals surface area contributed by atoms with E-state index in [9.17, 15) is 9.59 Å². The minimum atomic E-state index is -0.680. The first-order valence-corrected chi connectivity index (χ1v) is 5.80. The molecule has 0 bridgehead atoms. The molecule has 0 spiro atoms. The third kappa shape index (κ3) is 1.80. The molecular weight excluding hydrogens is 246 g/mol. The number of rotatable bonds is 2. The first kappa shape index (κ1) is 11.5. The number of nitrogens with two attached hydrogens (primary N) is 1. The fourth-order valence-electron chi connectivity index (χ4n) is 2.10. The predicted molar refractivity (Wildman–Crippen MR) is 70.1 cm³/mol. The van der Waals surface area contributed by atoms with Gasteiger partial charge in [-0.25, -0.2) is 9.78 Å². The Labute approximate surface area is 107 Å². The molecule has 7 nitrogen and oxygen atoms in total. The summed E-state index contributed by atoms with van der Waals surface area (Å²) in [6, 6.07) is 7.34. The van der Waals surface area contributed by atoms with Gasteiger partial charge in [-0.3, -0.25) is 9.78 Å². The smallest absolute Gasteiger partial charge is 0.329 e. The van der Waals surface area contributed by atoms with Gasteiger partial charge in [0.05, 0.1) is 11.0 Å². The van der Waals surface area contributed by atoms with Gasteiger partial charge < -0.3 is 10.3 Å². The van der Waals surface area contributed by atoms with Crippen LogP contribution in [0.3, 0.4) is 0 Å². The van der Waals surface area contributed by atoms with Gasteiger partial charge in [0.15, 0.2) is 11.5 Å². The van der Waals surface area contributed by atoms with Crippen LogP contribution in [0, 0.1) is 0 Å². The second kappa shape index (κ2) is 4.29. The molecule has 0 aliphatic carbocycles. The van der Waals surface area contributed by atoms with E-state index < -0.39 is 11.2 Å². The summed E-state index contributed by atoms with van der Waals surface area (Å²) < 4.78 is 1.74. The second-order valence-electron chi connectivity index (χ2n) is 4.08. The summed E-state index contributed by atoms with van der Waals surface area (Å²) in [5.41, 5.74) is 5.97. The maximum atomic E-state index is 11.8. The van der Waals surface area contributed by atoms with E-state index in [0.29, 0.717) is 18.6 Å².